The molecule has 0 amide bonds. The highest BCUT2D eigenvalue weighted by molar-refractivity contribution is 5.92. The van der Waals surface area contributed by atoms with E-state index in [-0.39, 0.29) is 12.8 Å². The van der Waals surface area contributed by atoms with Crippen LogP contribution in [-0.4, -0.2) is 44.3 Å². The second-order valence-corrected chi connectivity index (χ2v) is 9.21. The molecule has 0 aromatic carbocycles. The Hall–Kier alpha value is -2.12. The molecule has 8 nitrogen and oxygen atoms in total. The maximum Gasteiger partial charge on any atom is 0.311 e. The third kappa shape index (κ3) is 2.50. The van der Waals surface area contributed by atoms with Gasteiger partial charge in [-0.3, -0.25) is 19.2 Å². The topological polar surface area (TPSA) is 149 Å². The van der Waals surface area contributed by atoms with E-state index in [4.69, 9.17) is 0 Å². The molecular weight excluding hydrogens is 380 g/mol. The zero-order valence-corrected chi connectivity index (χ0v) is 17.6. The molecule has 0 radical (unpaired) electrons. The molecule has 2 rings (SSSR count). The lowest BCUT2D eigenvalue weighted by molar-refractivity contribution is -0.322. The number of aliphatic carboxylic acids is 4. The molecule has 2 aliphatic rings. The monoisotopic (exact) mass is 412 g/mol. The molecule has 8 unspecified atom stereocenters. The molecule has 8 heteroatoms. The van der Waals surface area contributed by atoms with Crippen LogP contribution >= 0.6 is 0 Å². The maximum atomic E-state index is 12.9. The van der Waals surface area contributed by atoms with Crippen LogP contribution in [0.3, 0.4) is 0 Å². The predicted molar refractivity (Wildman–Crippen MR) is 102 cm³/mol. The van der Waals surface area contributed by atoms with Gasteiger partial charge in [0.05, 0.1) is 22.7 Å². The fourth-order valence-corrected chi connectivity index (χ4v) is 7.24. The lowest BCUT2D eigenvalue weighted by Crippen LogP contribution is -2.82. The molecule has 0 heterocycles. The van der Waals surface area contributed by atoms with E-state index in [1.807, 2.05) is 0 Å². The molecule has 0 spiro atoms. The van der Waals surface area contributed by atoms with Crippen molar-refractivity contribution in [1.29, 1.82) is 0 Å². The van der Waals surface area contributed by atoms with Gasteiger partial charge in [-0.05, 0) is 36.0 Å². The number of carbonyl (C=O) groups is 4. The van der Waals surface area contributed by atoms with Crippen LogP contribution in [0.25, 0.3) is 0 Å². The summed E-state index contributed by atoms with van der Waals surface area (Å²) in [5, 5.41) is 40.2. The largest absolute Gasteiger partial charge is 0.481 e. The molecular formula is C21H32O8. The first kappa shape index (κ1) is 23.2. The van der Waals surface area contributed by atoms with Gasteiger partial charge in [-0.1, -0.05) is 47.5 Å². The van der Waals surface area contributed by atoms with Crippen molar-refractivity contribution in [3.8, 4) is 0 Å². The summed E-state index contributed by atoms with van der Waals surface area (Å²) in [7, 11) is 0. The summed E-state index contributed by atoms with van der Waals surface area (Å²) in [5.74, 6) is -9.28. The fourth-order valence-electron chi connectivity index (χ4n) is 7.24. The average Bonchev–Trinajstić information content (AvgIpc) is 2.62. The van der Waals surface area contributed by atoms with Crippen LogP contribution in [0.15, 0.2) is 0 Å². The first-order valence-electron chi connectivity index (χ1n) is 10.2. The Bertz CT molecular complexity index is 732. The third-order valence-electron chi connectivity index (χ3n) is 8.56. The van der Waals surface area contributed by atoms with Crippen LogP contribution in [0.1, 0.15) is 60.3 Å². The molecule has 4 N–H and O–H groups in total. The molecule has 164 valence electrons. The highest BCUT2D eigenvalue weighted by atomic mass is 16.4. The van der Waals surface area contributed by atoms with Gasteiger partial charge in [-0.25, -0.2) is 0 Å². The number of carboxylic acid groups (broad SMARTS) is 4. The van der Waals surface area contributed by atoms with Crippen LogP contribution in [0, 0.1) is 45.8 Å². The predicted octanol–water partition coefficient (Wildman–Crippen LogP) is 3.05. The van der Waals surface area contributed by atoms with Crippen LogP contribution in [0.4, 0.5) is 0 Å². The third-order valence-corrected chi connectivity index (χ3v) is 8.56. The van der Waals surface area contributed by atoms with Gasteiger partial charge in [0.2, 0.25) is 0 Å². The Morgan fingerprint density at radius 3 is 1.69 bits per heavy atom. The summed E-state index contributed by atoms with van der Waals surface area (Å²) < 4.78 is 0. The first-order chi connectivity index (χ1) is 13.3. The summed E-state index contributed by atoms with van der Waals surface area (Å²) in [5.41, 5.74) is -4.47. The van der Waals surface area contributed by atoms with E-state index in [1.54, 1.807) is 34.6 Å². The Labute approximate surface area is 170 Å². The van der Waals surface area contributed by atoms with Gasteiger partial charge in [0.15, 0.2) is 0 Å². The van der Waals surface area contributed by atoms with Crippen molar-refractivity contribution in [2.45, 2.75) is 60.3 Å². The van der Waals surface area contributed by atoms with Gasteiger partial charge in [0, 0.05) is 0 Å². The second kappa shape index (κ2) is 7.29. The SMILES string of the molecule is CCC(C)C1(C(=O)O)C2CC(C(=O)O)C(C(=O)O)CC2(C)C1(C(=O)O)C(C)CC. The molecule has 29 heavy (non-hydrogen) atoms. The number of fused-ring (bicyclic) bond motifs is 1. The lowest BCUT2D eigenvalue weighted by atomic mass is 9.23. The minimum atomic E-state index is -1.68. The van der Waals surface area contributed by atoms with Crippen LogP contribution < -0.4 is 0 Å². The molecule has 2 saturated carbocycles. The fraction of sp³-hybridized carbons (Fsp3) is 0.810. The minimum absolute atomic E-state index is 0.148. The molecule has 0 aliphatic heterocycles. The van der Waals surface area contributed by atoms with Crippen LogP contribution in [0.5, 0.6) is 0 Å². The van der Waals surface area contributed by atoms with E-state index < -0.39 is 69.7 Å². The van der Waals surface area contributed by atoms with E-state index in [0.29, 0.717) is 12.8 Å². The molecule has 2 aliphatic carbocycles. The van der Waals surface area contributed by atoms with Gasteiger partial charge >= 0.3 is 23.9 Å². The highest BCUT2D eigenvalue weighted by Crippen LogP contribution is 2.82. The quantitative estimate of drug-likeness (QED) is 0.475. The average molecular weight is 412 g/mol. The number of carboxylic acids is 4. The standard InChI is InChI=1S/C21H32O8/c1-6-10(3)20(17(26)27)14-8-12(15(22)23)13(16(24)25)9-19(14,5)21(20,18(28)29)11(4)7-2/h10-14H,6-9H2,1-5H3,(H,22,23)(H,24,25)(H,26,27)(H,28,29). The number of hydrogen-bond donors (Lipinski definition) is 4. The molecule has 0 aromatic rings. The zero-order chi connectivity index (χ0) is 22.5. The van der Waals surface area contributed by atoms with E-state index in [2.05, 4.69) is 0 Å². The molecule has 0 bridgehead atoms. The van der Waals surface area contributed by atoms with Crippen LogP contribution in [0.2, 0.25) is 0 Å². The van der Waals surface area contributed by atoms with Gasteiger partial charge in [-0.2, -0.15) is 0 Å². The van der Waals surface area contributed by atoms with E-state index >= 15 is 0 Å². The molecule has 0 saturated heterocycles. The van der Waals surface area contributed by atoms with Crippen molar-refractivity contribution >= 4 is 23.9 Å². The highest BCUT2D eigenvalue weighted by Gasteiger charge is 2.87. The Morgan fingerprint density at radius 2 is 1.34 bits per heavy atom. The Kier molecular flexibility index (Phi) is 5.82. The van der Waals surface area contributed by atoms with Gasteiger partial charge in [-0.15, -0.1) is 0 Å². The van der Waals surface area contributed by atoms with Crippen molar-refractivity contribution in [3.05, 3.63) is 0 Å². The summed E-state index contributed by atoms with van der Waals surface area (Å²) in [6, 6.07) is 0. The second-order valence-electron chi connectivity index (χ2n) is 9.21. The molecule has 8 atom stereocenters. The Morgan fingerprint density at radius 1 is 0.862 bits per heavy atom. The van der Waals surface area contributed by atoms with E-state index in [9.17, 15) is 39.6 Å². The Balaban J connectivity index is 2.86. The zero-order valence-electron chi connectivity index (χ0n) is 17.6. The minimum Gasteiger partial charge on any atom is -0.481 e. The van der Waals surface area contributed by atoms with Crippen molar-refractivity contribution in [2.75, 3.05) is 0 Å². The molecule has 0 aromatic heterocycles. The van der Waals surface area contributed by atoms with Gasteiger partial charge in [0.1, 0.15) is 0 Å². The first-order valence-corrected chi connectivity index (χ1v) is 10.2. The van der Waals surface area contributed by atoms with Gasteiger partial charge < -0.3 is 20.4 Å². The number of rotatable bonds is 8. The summed E-state index contributed by atoms with van der Waals surface area (Å²) in [6.45, 7) is 8.69. The van der Waals surface area contributed by atoms with Crippen LogP contribution in [-0.2, 0) is 19.2 Å². The van der Waals surface area contributed by atoms with Crippen molar-refractivity contribution in [2.24, 2.45) is 45.8 Å². The van der Waals surface area contributed by atoms with Crippen molar-refractivity contribution in [3.63, 3.8) is 0 Å². The van der Waals surface area contributed by atoms with Crippen molar-refractivity contribution < 1.29 is 39.6 Å². The van der Waals surface area contributed by atoms with E-state index in [0.717, 1.165) is 0 Å². The normalized spacial score (nSPS) is 40.8. The lowest BCUT2D eigenvalue weighted by Gasteiger charge is -2.77. The summed E-state index contributed by atoms with van der Waals surface area (Å²) >= 11 is 0. The smallest absolute Gasteiger partial charge is 0.311 e. The van der Waals surface area contributed by atoms with Gasteiger partial charge in [0.25, 0.3) is 0 Å². The summed E-state index contributed by atoms with van der Waals surface area (Å²) in [4.78, 5) is 49.4. The maximum absolute atomic E-state index is 12.9. The summed E-state index contributed by atoms with van der Waals surface area (Å²) in [6.07, 6.45) is 0.529. The molecule has 2 fully saturated rings. The number of hydrogen-bond acceptors (Lipinski definition) is 4. The van der Waals surface area contributed by atoms with Crippen molar-refractivity contribution in [1.82, 2.24) is 0 Å². The van der Waals surface area contributed by atoms with E-state index in [1.165, 1.54) is 0 Å².